The lowest BCUT2D eigenvalue weighted by Crippen LogP contribution is -2.44. The second kappa shape index (κ2) is 8.73. The molecule has 0 fully saturated rings. The summed E-state index contributed by atoms with van der Waals surface area (Å²) in [5, 5.41) is 3.43. The molecule has 0 bridgehead atoms. The second-order valence-electron chi connectivity index (χ2n) is 5.48. The molecule has 2 aromatic rings. The minimum atomic E-state index is -3.91. The molecule has 2 rings (SSSR count). The van der Waals surface area contributed by atoms with E-state index in [0.29, 0.717) is 10.8 Å². The van der Waals surface area contributed by atoms with E-state index in [1.54, 1.807) is 24.3 Å². The van der Waals surface area contributed by atoms with Gasteiger partial charge in [0, 0.05) is 11.6 Å². The molecule has 0 saturated heterocycles. The van der Waals surface area contributed by atoms with Gasteiger partial charge < -0.3 is 10.1 Å². The van der Waals surface area contributed by atoms with Gasteiger partial charge >= 0.3 is 0 Å². The Kier molecular flexibility index (Phi) is 6.88. The summed E-state index contributed by atoms with van der Waals surface area (Å²) in [6, 6.07) is 10.1. The Morgan fingerprint density at radius 3 is 2.38 bits per heavy atom. The van der Waals surface area contributed by atoms with Crippen molar-refractivity contribution in [2.24, 2.45) is 0 Å². The molecule has 2 aromatic carbocycles. The van der Waals surface area contributed by atoms with Crippen molar-refractivity contribution in [1.82, 2.24) is 10.0 Å². The number of nitrogens with one attached hydrogen (secondary N) is 2. The van der Waals surface area contributed by atoms with Gasteiger partial charge in [0.2, 0.25) is 15.9 Å². The van der Waals surface area contributed by atoms with Crippen LogP contribution in [0.3, 0.4) is 0 Å². The maximum atomic E-state index is 12.4. The second-order valence-corrected chi connectivity index (χ2v) is 8.04. The van der Waals surface area contributed by atoms with Gasteiger partial charge in [-0.3, -0.25) is 4.79 Å². The van der Waals surface area contributed by atoms with Crippen LogP contribution < -0.4 is 14.8 Å². The number of hydrogen-bond donors (Lipinski definition) is 2. The molecular formula is C17H18Cl2N2O4S. The Bertz CT molecular complexity index is 886. The highest BCUT2D eigenvalue weighted by atomic mass is 35.5. The predicted molar refractivity (Wildman–Crippen MR) is 101 cm³/mol. The zero-order chi connectivity index (χ0) is 19.3. The van der Waals surface area contributed by atoms with Crippen LogP contribution in [0.5, 0.6) is 5.75 Å². The third-order valence-corrected chi connectivity index (χ3v) is 5.62. The van der Waals surface area contributed by atoms with Gasteiger partial charge in [-0.05, 0) is 42.8 Å². The lowest BCUT2D eigenvalue weighted by atomic mass is 10.2. The summed E-state index contributed by atoms with van der Waals surface area (Å²) >= 11 is 11.8. The average molecular weight is 417 g/mol. The third kappa shape index (κ3) is 5.35. The van der Waals surface area contributed by atoms with E-state index < -0.39 is 22.0 Å². The number of carbonyl (C=O) groups excluding carboxylic acids is 1. The first-order chi connectivity index (χ1) is 12.2. The van der Waals surface area contributed by atoms with Crippen molar-refractivity contribution < 1.29 is 17.9 Å². The minimum absolute atomic E-state index is 0.0550. The molecule has 0 heterocycles. The van der Waals surface area contributed by atoms with Gasteiger partial charge in [0.1, 0.15) is 5.75 Å². The van der Waals surface area contributed by atoms with Crippen molar-refractivity contribution in [1.29, 1.82) is 0 Å². The fraction of sp³-hybridized carbons (Fsp3) is 0.235. The highest BCUT2D eigenvalue weighted by Crippen LogP contribution is 2.26. The number of rotatable bonds is 7. The number of sulfonamides is 1. The van der Waals surface area contributed by atoms with Gasteiger partial charge in [-0.15, -0.1) is 0 Å². The maximum absolute atomic E-state index is 12.4. The van der Waals surface area contributed by atoms with E-state index in [1.807, 2.05) is 0 Å². The molecule has 0 aliphatic carbocycles. The molecule has 9 heteroatoms. The van der Waals surface area contributed by atoms with Crippen molar-refractivity contribution in [2.75, 3.05) is 7.11 Å². The monoisotopic (exact) mass is 416 g/mol. The lowest BCUT2D eigenvalue weighted by Gasteiger charge is -2.15. The molecular weight excluding hydrogens is 399 g/mol. The SMILES string of the molecule is COc1ccc(S(=O)(=O)N[C@H](C)C(=O)NCc2ccc(Cl)cc2)cc1Cl. The van der Waals surface area contributed by atoms with Gasteiger partial charge in [-0.1, -0.05) is 35.3 Å². The van der Waals surface area contributed by atoms with Crippen molar-refractivity contribution in [3.05, 3.63) is 58.1 Å². The van der Waals surface area contributed by atoms with Gasteiger partial charge in [0.25, 0.3) is 0 Å². The summed E-state index contributed by atoms with van der Waals surface area (Å²) in [6.45, 7) is 1.72. The first kappa shape index (κ1) is 20.5. The highest BCUT2D eigenvalue weighted by molar-refractivity contribution is 7.89. The van der Waals surface area contributed by atoms with Crippen LogP contribution in [0.1, 0.15) is 12.5 Å². The largest absolute Gasteiger partial charge is 0.495 e. The van der Waals surface area contributed by atoms with Crippen molar-refractivity contribution >= 4 is 39.1 Å². The van der Waals surface area contributed by atoms with Crippen LogP contribution in [0.4, 0.5) is 0 Å². The molecule has 0 aromatic heterocycles. The van der Waals surface area contributed by atoms with Gasteiger partial charge in [-0.25, -0.2) is 8.42 Å². The maximum Gasteiger partial charge on any atom is 0.241 e. The quantitative estimate of drug-likeness (QED) is 0.726. The van der Waals surface area contributed by atoms with Crippen LogP contribution in [0.15, 0.2) is 47.4 Å². The van der Waals surface area contributed by atoms with E-state index in [-0.39, 0.29) is 16.5 Å². The summed E-state index contributed by atoms with van der Waals surface area (Å²) in [6.07, 6.45) is 0. The molecule has 140 valence electrons. The first-order valence-corrected chi connectivity index (χ1v) is 9.85. The standard InChI is InChI=1S/C17H18Cl2N2O4S/c1-11(17(22)20-10-12-3-5-13(18)6-4-12)21-26(23,24)14-7-8-16(25-2)15(19)9-14/h3-9,11,21H,10H2,1-2H3,(H,20,22)/t11-/m1/s1. The zero-order valence-electron chi connectivity index (χ0n) is 14.1. The van der Waals surface area contributed by atoms with Gasteiger partial charge in [-0.2, -0.15) is 4.72 Å². The number of hydrogen-bond acceptors (Lipinski definition) is 4. The van der Waals surface area contributed by atoms with E-state index in [2.05, 4.69) is 10.0 Å². The predicted octanol–water partition coefficient (Wildman–Crippen LogP) is 2.99. The van der Waals surface area contributed by atoms with E-state index in [9.17, 15) is 13.2 Å². The molecule has 0 saturated carbocycles. The fourth-order valence-electron chi connectivity index (χ4n) is 2.11. The lowest BCUT2D eigenvalue weighted by molar-refractivity contribution is -0.122. The Labute approximate surface area is 162 Å². The van der Waals surface area contributed by atoms with Crippen LogP contribution in [-0.4, -0.2) is 27.5 Å². The summed E-state index contributed by atoms with van der Waals surface area (Å²) in [5.74, 6) is -0.0949. The van der Waals surface area contributed by atoms with Crippen LogP contribution in [0.2, 0.25) is 10.0 Å². The molecule has 0 aliphatic heterocycles. The zero-order valence-corrected chi connectivity index (χ0v) is 16.5. The van der Waals surface area contributed by atoms with Gasteiger partial charge in [0.15, 0.2) is 0 Å². The first-order valence-electron chi connectivity index (χ1n) is 7.61. The Hall–Kier alpha value is -1.80. The van der Waals surface area contributed by atoms with Crippen LogP contribution in [0.25, 0.3) is 0 Å². The molecule has 1 amide bonds. The molecule has 0 radical (unpaired) electrons. The number of ether oxygens (including phenoxy) is 1. The van der Waals surface area contributed by atoms with Crippen molar-refractivity contribution in [3.8, 4) is 5.75 Å². The Morgan fingerprint density at radius 1 is 1.15 bits per heavy atom. The third-order valence-electron chi connectivity index (χ3n) is 3.54. The van der Waals surface area contributed by atoms with Crippen molar-refractivity contribution in [2.45, 2.75) is 24.4 Å². The average Bonchev–Trinajstić information content (AvgIpc) is 2.60. The number of carbonyl (C=O) groups is 1. The topological polar surface area (TPSA) is 84.5 Å². The Balaban J connectivity index is 2.00. The molecule has 0 spiro atoms. The van der Waals surface area contributed by atoms with Crippen LogP contribution in [-0.2, 0) is 21.4 Å². The number of amides is 1. The van der Waals surface area contributed by atoms with E-state index >= 15 is 0 Å². The van der Waals surface area contributed by atoms with Crippen molar-refractivity contribution in [3.63, 3.8) is 0 Å². The smallest absolute Gasteiger partial charge is 0.241 e. The summed E-state index contributed by atoms with van der Waals surface area (Å²) in [5.41, 5.74) is 0.847. The molecule has 0 unspecified atom stereocenters. The summed E-state index contributed by atoms with van der Waals surface area (Å²) < 4.78 is 32.1. The highest BCUT2D eigenvalue weighted by Gasteiger charge is 2.22. The van der Waals surface area contributed by atoms with E-state index in [4.69, 9.17) is 27.9 Å². The van der Waals surface area contributed by atoms with Crippen LogP contribution >= 0.6 is 23.2 Å². The normalized spacial score (nSPS) is 12.5. The molecule has 0 aliphatic rings. The number of methoxy groups -OCH3 is 1. The minimum Gasteiger partial charge on any atom is -0.495 e. The Morgan fingerprint density at radius 2 is 1.81 bits per heavy atom. The molecule has 1 atom stereocenters. The van der Waals surface area contributed by atoms with Gasteiger partial charge in [0.05, 0.1) is 23.1 Å². The van der Waals surface area contributed by atoms with E-state index in [0.717, 1.165) is 5.56 Å². The number of benzene rings is 2. The number of halogens is 2. The summed E-state index contributed by atoms with van der Waals surface area (Å²) in [7, 11) is -2.48. The van der Waals surface area contributed by atoms with E-state index in [1.165, 1.54) is 32.2 Å². The molecule has 2 N–H and O–H groups in total. The molecule has 6 nitrogen and oxygen atoms in total. The molecule has 26 heavy (non-hydrogen) atoms. The fourth-order valence-corrected chi connectivity index (χ4v) is 3.79. The van der Waals surface area contributed by atoms with Crippen LogP contribution in [0, 0.1) is 0 Å². The summed E-state index contributed by atoms with van der Waals surface area (Å²) in [4.78, 5) is 12.1.